The second kappa shape index (κ2) is 3.44. The van der Waals surface area contributed by atoms with Crippen LogP contribution in [0.25, 0.3) is 0 Å². The molecule has 0 bridgehead atoms. The molecule has 0 radical (unpaired) electrons. The SMILES string of the molecule is CC(C)(O)CN1CC2CNCC2C1(C)C. The number of nitrogens with one attached hydrogen (secondary N) is 1. The molecule has 2 heterocycles. The first-order valence-electron chi connectivity index (χ1n) is 5.99. The number of hydrogen-bond acceptors (Lipinski definition) is 3. The van der Waals surface area contributed by atoms with Gasteiger partial charge in [0.25, 0.3) is 0 Å². The number of aliphatic hydroxyl groups is 1. The second-order valence-corrected chi connectivity index (χ2v) is 6.37. The summed E-state index contributed by atoms with van der Waals surface area (Å²) < 4.78 is 0. The van der Waals surface area contributed by atoms with E-state index < -0.39 is 5.60 Å². The lowest BCUT2D eigenvalue weighted by atomic mass is 9.84. The molecule has 2 atom stereocenters. The van der Waals surface area contributed by atoms with Crippen molar-refractivity contribution < 1.29 is 5.11 Å². The Hall–Kier alpha value is -0.120. The molecule has 15 heavy (non-hydrogen) atoms. The highest BCUT2D eigenvalue weighted by molar-refractivity contribution is 5.05. The molecule has 2 rings (SSSR count). The summed E-state index contributed by atoms with van der Waals surface area (Å²) in [6.07, 6.45) is 0. The molecule has 0 spiro atoms. The number of nitrogens with zero attached hydrogens (tertiary/aromatic N) is 1. The van der Waals surface area contributed by atoms with Crippen molar-refractivity contribution in [1.29, 1.82) is 0 Å². The molecule has 0 saturated carbocycles. The molecular formula is C12H24N2O. The zero-order chi connectivity index (χ0) is 11.3. The van der Waals surface area contributed by atoms with Gasteiger partial charge in [-0.3, -0.25) is 4.90 Å². The van der Waals surface area contributed by atoms with Crippen LogP contribution in [0.4, 0.5) is 0 Å². The Morgan fingerprint density at radius 3 is 2.60 bits per heavy atom. The van der Waals surface area contributed by atoms with Gasteiger partial charge in [-0.25, -0.2) is 0 Å². The van der Waals surface area contributed by atoms with Crippen molar-refractivity contribution in [2.24, 2.45) is 11.8 Å². The van der Waals surface area contributed by atoms with Gasteiger partial charge in [0.05, 0.1) is 5.60 Å². The van der Waals surface area contributed by atoms with Gasteiger partial charge < -0.3 is 10.4 Å². The summed E-state index contributed by atoms with van der Waals surface area (Å²) in [5.41, 5.74) is -0.350. The number of hydrogen-bond donors (Lipinski definition) is 2. The minimum atomic E-state index is -0.580. The standard InChI is InChI=1S/C12H24N2O/c1-11(2,15)8-14-7-9-5-13-6-10(9)12(14,3)4/h9-10,13,15H,5-8H2,1-4H3. The smallest absolute Gasteiger partial charge is 0.0718 e. The zero-order valence-electron chi connectivity index (χ0n) is 10.4. The van der Waals surface area contributed by atoms with E-state index in [4.69, 9.17) is 0 Å². The summed E-state index contributed by atoms with van der Waals surface area (Å²) in [5, 5.41) is 13.4. The summed E-state index contributed by atoms with van der Waals surface area (Å²) in [5.74, 6) is 1.53. The highest BCUT2D eigenvalue weighted by Gasteiger charge is 2.50. The van der Waals surface area contributed by atoms with Crippen LogP contribution in [0.2, 0.25) is 0 Å². The minimum Gasteiger partial charge on any atom is -0.389 e. The average Bonchev–Trinajstić information content (AvgIpc) is 2.55. The van der Waals surface area contributed by atoms with Crippen molar-refractivity contribution in [2.75, 3.05) is 26.2 Å². The van der Waals surface area contributed by atoms with Crippen molar-refractivity contribution in [3.63, 3.8) is 0 Å². The second-order valence-electron chi connectivity index (χ2n) is 6.37. The molecule has 2 saturated heterocycles. The average molecular weight is 212 g/mol. The van der Waals surface area contributed by atoms with Gasteiger partial charge in [0.15, 0.2) is 0 Å². The third-order valence-electron chi connectivity index (χ3n) is 4.09. The monoisotopic (exact) mass is 212 g/mol. The van der Waals surface area contributed by atoms with E-state index in [1.807, 2.05) is 13.8 Å². The van der Waals surface area contributed by atoms with Gasteiger partial charge >= 0.3 is 0 Å². The van der Waals surface area contributed by atoms with Crippen molar-refractivity contribution in [2.45, 2.75) is 38.8 Å². The van der Waals surface area contributed by atoms with E-state index in [2.05, 4.69) is 24.1 Å². The van der Waals surface area contributed by atoms with Crippen LogP contribution in [-0.2, 0) is 0 Å². The molecule has 0 aliphatic carbocycles. The molecule has 0 aromatic heterocycles. The summed E-state index contributed by atoms with van der Waals surface area (Å²) in [7, 11) is 0. The largest absolute Gasteiger partial charge is 0.389 e. The molecule has 2 unspecified atom stereocenters. The number of fused-ring (bicyclic) bond motifs is 1. The molecule has 3 nitrogen and oxygen atoms in total. The fraction of sp³-hybridized carbons (Fsp3) is 1.00. The summed E-state index contributed by atoms with van der Waals surface area (Å²) in [4.78, 5) is 2.46. The fourth-order valence-electron chi connectivity index (χ4n) is 3.24. The van der Waals surface area contributed by atoms with Crippen molar-refractivity contribution in [1.82, 2.24) is 10.2 Å². The van der Waals surface area contributed by atoms with Gasteiger partial charge in [-0.05, 0) is 46.1 Å². The van der Waals surface area contributed by atoms with E-state index in [9.17, 15) is 5.11 Å². The molecule has 2 N–H and O–H groups in total. The Balaban J connectivity index is 2.09. The number of rotatable bonds is 2. The summed E-state index contributed by atoms with van der Waals surface area (Å²) in [6.45, 7) is 12.6. The lowest BCUT2D eigenvalue weighted by Crippen LogP contribution is -2.49. The van der Waals surface area contributed by atoms with Crippen LogP contribution < -0.4 is 5.32 Å². The molecule has 2 aliphatic heterocycles. The van der Waals surface area contributed by atoms with Crippen LogP contribution in [0.3, 0.4) is 0 Å². The van der Waals surface area contributed by atoms with Crippen LogP contribution in [0.1, 0.15) is 27.7 Å². The topological polar surface area (TPSA) is 35.5 Å². The molecule has 2 aliphatic rings. The predicted octanol–water partition coefficient (Wildman–Crippen LogP) is 0.687. The van der Waals surface area contributed by atoms with Gasteiger partial charge in [-0.15, -0.1) is 0 Å². The highest BCUT2D eigenvalue weighted by atomic mass is 16.3. The first kappa shape index (κ1) is 11.4. The molecule has 0 amide bonds. The van der Waals surface area contributed by atoms with Crippen LogP contribution in [0.15, 0.2) is 0 Å². The normalized spacial score (nSPS) is 35.8. The highest BCUT2D eigenvalue weighted by Crippen LogP contribution is 2.40. The molecule has 2 fully saturated rings. The van der Waals surface area contributed by atoms with E-state index in [0.29, 0.717) is 0 Å². The van der Waals surface area contributed by atoms with Gasteiger partial charge in [0.2, 0.25) is 0 Å². The van der Waals surface area contributed by atoms with Crippen LogP contribution in [-0.4, -0.2) is 47.3 Å². The van der Waals surface area contributed by atoms with E-state index in [1.54, 1.807) is 0 Å². The maximum absolute atomic E-state index is 9.92. The van der Waals surface area contributed by atoms with Gasteiger partial charge in [0.1, 0.15) is 0 Å². The molecule has 0 aromatic carbocycles. The maximum atomic E-state index is 9.92. The van der Waals surface area contributed by atoms with E-state index >= 15 is 0 Å². The Morgan fingerprint density at radius 2 is 2.07 bits per heavy atom. The molecule has 88 valence electrons. The Labute approximate surface area is 92.8 Å². The molecule has 0 aromatic rings. The lowest BCUT2D eigenvalue weighted by molar-refractivity contribution is 0.00798. The predicted molar refractivity (Wildman–Crippen MR) is 61.8 cm³/mol. The minimum absolute atomic E-state index is 0.230. The number of β-amino-alcohol motifs (C(OH)–C–C–N with tert-alkyl or cyclic N) is 1. The molecular weight excluding hydrogens is 188 g/mol. The summed E-state index contributed by atoms with van der Waals surface area (Å²) in [6, 6.07) is 0. The zero-order valence-corrected chi connectivity index (χ0v) is 10.4. The summed E-state index contributed by atoms with van der Waals surface area (Å²) >= 11 is 0. The van der Waals surface area contributed by atoms with Crippen molar-refractivity contribution in [3.05, 3.63) is 0 Å². The quantitative estimate of drug-likeness (QED) is 0.707. The van der Waals surface area contributed by atoms with E-state index in [0.717, 1.165) is 38.0 Å². The van der Waals surface area contributed by atoms with E-state index in [1.165, 1.54) is 0 Å². The Bertz CT molecular complexity index is 244. The maximum Gasteiger partial charge on any atom is 0.0718 e. The Morgan fingerprint density at radius 1 is 1.40 bits per heavy atom. The first-order chi connectivity index (χ1) is 6.81. The van der Waals surface area contributed by atoms with Crippen LogP contribution in [0.5, 0.6) is 0 Å². The van der Waals surface area contributed by atoms with Gasteiger partial charge in [0, 0.05) is 25.2 Å². The third-order valence-corrected chi connectivity index (χ3v) is 4.09. The van der Waals surface area contributed by atoms with Gasteiger partial charge in [-0.2, -0.15) is 0 Å². The van der Waals surface area contributed by atoms with E-state index in [-0.39, 0.29) is 5.54 Å². The molecule has 3 heteroatoms. The van der Waals surface area contributed by atoms with Gasteiger partial charge in [-0.1, -0.05) is 0 Å². The van der Waals surface area contributed by atoms with Crippen LogP contribution >= 0.6 is 0 Å². The third kappa shape index (κ3) is 2.05. The van der Waals surface area contributed by atoms with Crippen LogP contribution in [0, 0.1) is 11.8 Å². The van der Waals surface area contributed by atoms with Crippen molar-refractivity contribution in [3.8, 4) is 0 Å². The lowest BCUT2D eigenvalue weighted by Gasteiger charge is -2.38. The Kier molecular flexibility index (Phi) is 2.61. The number of likely N-dealkylation sites (tertiary alicyclic amines) is 1. The first-order valence-corrected chi connectivity index (χ1v) is 5.99. The van der Waals surface area contributed by atoms with Crippen molar-refractivity contribution >= 4 is 0 Å². The fourth-order valence-corrected chi connectivity index (χ4v) is 3.24.